The molecule has 4 atom stereocenters. The molecule has 1 saturated carbocycles. The Kier molecular flexibility index (Phi) is 11.9. The van der Waals surface area contributed by atoms with Crippen molar-refractivity contribution in [1.82, 2.24) is 0 Å². The Morgan fingerprint density at radius 1 is 0.633 bits per heavy atom. The highest BCUT2D eigenvalue weighted by molar-refractivity contribution is 5.92. The van der Waals surface area contributed by atoms with E-state index >= 15 is 0 Å². The number of hydrogen-bond acceptors (Lipinski definition) is 15. The molecule has 0 heterocycles. The molecule has 0 aromatic heterocycles. The fraction of sp³-hybridized carbons (Fsp3) is 0.258. The first kappa shape index (κ1) is 36.9. The highest BCUT2D eigenvalue weighted by Crippen LogP contribution is 2.38. The molecule has 2 aromatic carbocycles. The van der Waals surface area contributed by atoms with Gasteiger partial charge in [-0.2, -0.15) is 0 Å². The molecule has 1 aliphatic rings. The van der Waals surface area contributed by atoms with Crippen LogP contribution in [0.4, 0.5) is 0 Å². The molecule has 49 heavy (non-hydrogen) atoms. The zero-order valence-corrected chi connectivity index (χ0v) is 25.0. The predicted molar refractivity (Wildman–Crippen MR) is 157 cm³/mol. The molecule has 3 rings (SSSR count). The first-order chi connectivity index (χ1) is 23.0. The molecule has 1 fully saturated rings. The minimum absolute atomic E-state index is 0.159. The Bertz CT molecular complexity index is 1710. The maximum atomic E-state index is 12.9. The highest BCUT2D eigenvalue weighted by Gasteiger charge is 2.57. The number of phenolic OH excluding ortho intramolecular Hbond substituents is 4. The molecular weight excluding hydrogens is 660 g/mol. The number of carbonyl (C=O) groups is 7. The summed E-state index contributed by atoms with van der Waals surface area (Å²) in [5.41, 5.74) is -2.38. The third kappa shape index (κ3) is 10.5. The number of aliphatic carboxylic acids is 3. The van der Waals surface area contributed by atoms with Gasteiger partial charge in [-0.25, -0.2) is 14.4 Å². The van der Waals surface area contributed by atoms with Crippen molar-refractivity contribution in [3.8, 4) is 23.0 Å². The van der Waals surface area contributed by atoms with Crippen molar-refractivity contribution in [2.75, 3.05) is 0 Å². The highest BCUT2D eigenvalue weighted by atomic mass is 16.6. The van der Waals surface area contributed by atoms with Gasteiger partial charge in [-0.05, 0) is 47.5 Å². The van der Waals surface area contributed by atoms with Crippen LogP contribution >= 0.6 is 0 Å². The van der Waals surface area contributed by atoms with Gasteiger partial charge in [0.25, 0.3) is 0 Å². The number of ether oxygens (including phenoxy) is 4. The van der Waals surface area contributed by atoms with Crippen molar-refractivity contribution in [1.29, 1.82) is 0 Å². The lowest BCUT2D eigenvalue weighted by atomic mass is 9.79. The molecule has 0 saturated heterocycles. The molecule has 2 aromatic rings. The number of aromatic hydroxyl groups is 4. The van der Waals surface area contributed by atoms with Gasteiger partial charge in [-0.3, -0.25) is 19.2 Å². The van der Waals surface area contributed by atoms with Crippen LogP contribution in [0.3, 0.4) is 0 Å². The molecule has 18 nitrogen and oxygen atoms in total. The first-order valence-corrected chi connectivity index (χ1v) is 13.9. The van der Waals surface area contributed by atoms with E-state index in [0.717, 1.165) is 48.6 Å². The molecule has 18 heteroatoms. The maximum Gasteiger partial charge on any atom is 0.348 e. The number of benzene rings is 2. The largest absolute Gasteiger partial charge is 0.504 e. The van der Waals surface area contributed by atoms with E-state index in [-0.39, 0.29) is 11.1 Å². The van der Waals surface area contributed by atoms with Crippen LogP contribution in [0.2, 0.25) is 0 Å². The molecule has 0 radical (unpaired) electrons. The quantitative estimate of drug-likeness (QED) is 0.0509. The van der Waals surface area contributed by atoms with Gasteiger partial charge < -0.3 is 54.7 Å². The average Bonchev–Trinajstić information content (AvgIpc) is 2.99. The zero-order chi connectivity index (χ0) is 36.5. The summed E-state index contributed by atoms with van der Waals surface area (Å²) in [6, 6.07) is 6.89. The molecule has 1 aliphatic carbocycles. The lowest BCUT2D eigenvalue weighted by Crippen LogP contribution is -2.60. The van der Waals surface area contributed by atoms with Crippen LogP contribution in [-0.4, -0.2) is 101 Å². The van der Waals surface area contributed by atoms with Crippen molar-refractivity contribution >= 4 is 53.9 Å². The standard InChI is InChI=1S/C31H28O18/c32-17-5-1-15(9-19(17)34)3-7-25(40)46-21-13-31(30(44)45,49-26(41)8-4-16-2-6-18(33)20(35)10-16)14-22(47-27(42)11-23(36)37)29(21)48-28(43)12-24(38)39/h1-10,21-22,29,32-35H,11-14H2,(H,36,37)(H,38,39)(H,44,45)/b7-3+,8-4+/t21-,22-,29+,31-/m1/s1. The average molecular weight is 689 g/mol. The summed E-state index contributed by atoms with van der Waals surface area (Å²) in [5, 5.41) is 66.6. The van der Waals surface area contributed by atoms with Crippen molar-refractivity contribution < 1.29 is 88.3 Å². The van der Waals surface area contributed by atoms with E-state index in [1.165, 1.54) is 12.1 Å². The summed E-state index contributed by atoms with van der Waals surface area (Å²) in [6.07, 6.45) is -6.69. The zero-order valence-electron chi connectivity index (χ0n) is 25.0. The number of carboxylic acids is 3. The SMILES string of the molecule is O=C(O)CC(=O)O[C@H]1[C@H](OC(=O)/C=C/c2ccc(O)c(O)c2)C[C@](OC(=O)/C=C/c2ccc(O)c(O)c2)(C(=O)O)C[C@H]1OC(=O)CC(=O)O. The molecular formula is C31H28O18. The summed E-state index contributed by atoms with van der Waals surface area (Å²) in [7, 11) is 0. The van der Waals surface area contributed by atoms with Crippen LogP contribution in [0.15, 0.2) is 48.6 Å². The van der Waals surface area contributed by atoms with Gasteiger partial charge in [0.2, 0.25) is 5.60 Å². The maximum absolute atomic E-state index is 12.9. The van der Waals surface area contributed by atoms with Crippen LogP contribution in [0.25, 0.3) is 12.2 Å². The predicted octanol–water partition coefficient (Wildman–Crippen LogP) is 1.08. The van der Waals surface area contributed by atoms with Gasteiger partial charge >= 0.3 is 41.8 Å². The Labute approximate surface area is 274 Å². The molecule has 0 spiro atoms. The summed E-state index contributed by atoms with van der Waals surface area (Å²) >= 11 is 0. The molecule has 7 N–H and O–H groups in total. The molecule has 0 aliphatic heterocycles. The number of hydrogen-bond donors (Lipinski definition) is 7. The number of carboxylic acid groups (broad SMARTS) is 3. The van der Waals surface area contributed by atoms with Gasteiger partial charge in [-0.15, -0.1) is 0 Å². The van der Waals surface area contributed by atoms with E-state index in [0.29, 0.717) is 0 Å². The topological polar surface area (TPSA) is 298 Å². The van der Waals surface area contributed by atoms with E-state index in [4.69, 9.17) is 29.2 Å². The van der Waals surface area contributed by atoms with Gasteiger partial charge in [0, 0.05) is 25.0 Å². The fourth-order valence-corrected chi connectivity index (χ4v) is 4.56. The third-order valence-electron chi connectivity index (χ3n) is 6.71. The van der Waals surface area contributed by atoms with Crippen LogP contribution in [0.1, 0.15) is 36.8 Å². The monoisotopic (exact) mass is 688 g/mol. The second-order valence-corrected chi connectivity index (χ2v) is 10.4. The van der Waals surface area contributed by atoms with Gasteiger partial charge in [0.05, 0.1) is 0 Å². The Morgan fingerprint density at radius 3 is 1.53 bits per heavy atom. The third-order valence-corrected chi connectivity index (χ3v) is 6.71. The smallest absolute Gasteiger partial charge is 0.348 e. The number of esters is 4. The van der Waals surface area contributed by atoms with E-state index < -0.39 is 114 Å². The summed E-state index contributed by atoms with van der Waals surface area (Å²) in [5.74, 6) is -12.7. The van der Waals surface area contributed by atoms with Crippen LogP contribution in [-0.2, 0) is 52.5 Å². The second kappa shape index (κ2) is 15.8. The molecule has 260 valence electrons. The number of phenols is 4. The van der Waals surface area contributed by atoms with E-state index in [9.17, 15) is 59.1 Å². The number of rotatable bonds is 13. The minimum atomic E-state index is -2.71. The van der Waals surface area contributed by atoms with E-state index in [1.807, 2.05) is 0 Å². The Hall–Kier alpha value is -6.59. The van der Waals surface area contributed by atoms with Crippen LogP contribution in [0.5, 0.6) is 23.0 Å². The summed E-state index contributed by atoms with van der Waals surface area (Å²) < 4.78 is 20.8. The van der Waals surface area contributed by atoms with Crippen molar-refractivity contribution in [3.05, 3.63) is 59.7 Å². The van der Waals surface area contributed by atoms with Gasteiger partial charge in [-0.1, -0.05) is 12.1 Å². The lowest BCUT2D eigenvalue weighted by Gasteiger charge is -2.43. The molecule has 0 unspecified atom stereocenters. The van der Waals surface area contributed by atoms with E-state index in [2.05, 4.69) is 0 Å². The van der Waals surface area contributed by atoms with Crippen molar-refractivity contribution in [2.24, 2.45) is 0 Å². The first-order valence-electron chi connectivity index (χ1n) is 13.9. The van der Waals surface area contributed by atoms with Crippen LogP contribution < -0.4 is 0 Å². The fourth-order valence-electron chi connectivity index (χ4n) is 4.56. The van der Waals surface area contributed by atoms with Crippen molar-refractivity contribution in [3.63, 3.8) is 0 Å². The number of carbonyl (C=O) groups excluding carboxylic acids is 4. The van der Waals surface area contributed by atoms with Crippen molar-refractivity contribution in [2.45, 2.75) is 49.6 Å². The summed E-state index contributed by atoms with van der Waals surface area (Å²) in [4.78, 5) is 85.4. The van der Waals surface area contributed by atoms with Gasteiger partial charge in [0.1, 0.15) is 25.0 Å². The lowest BCUT2D eigenvalue weighted by molar-refractivity contribution is -0.220. The minimum Gasteiger partial charge on any atom is -0.504 e. The molecule has 0 bridgehead atoms. The Balaban J connectivity index is 2.01. The van der Waals surface area contributed by atoms with Gasteiger partial charge in [0.15, 0.2) is 29.1 Å². The molecule has 0 amide bonds. The Morgan fingerprint density at radius 2 is 1.08 bits per heavy atom. The second-order valence-electron chi connectivity index (χ2n) is 10.4. The summed E-state index contributed by atoms with van der Waals surface area (Å²) in [6.45, 7) is 0. The van der Waals surface area contributed by atoms with Crippen LogP contribution in [0, 0.1) is 0 Å². The van der Waals surface area contributed by atoms with E-state index in [1.54, 1.807) is 0 Å². The normalized spacial score (nSPS) is 20.3.